The highest BCUT2D eigenvalue weighted by Crippen LogP contribution is 2.31. The Morgan fingerprint density at radius 2 is 2.03 bits per heavy atom. The third-order valence-electron chi connectivity index (χ3n) is 6.38. The molecule has 0 saturated heterocycles. The lowest BCUT2D eigenvalue weighted by atomic mass is 9.97. The van der Waals surface area contributed by atoms with E-state index in [1.54, 1.807) is 23.7 Å². The maximum atomic E-state index is 15.0. The van der Waals surface area contributed by atoms with Crippen LogP contribution in [-0.2, 0) is 11.8 Å². The number of nitrogens with zero attached hydrogens (tertiary/aromatic N) is 3. The lowest BCUT2D eigenvalue weighted by Gasteiger charge is -2.18. The van der Waals surface area contributed by atoms with Crippen LogP contribution in [0.4, 0.5) is 10.1 Å². The van der Waals surface area contributed by atoms with E-state index in [2.05, 4.69) is 15.3 Å². The second-order valence-electron chi connectivity index (χ2n) is 8.75. The smallest absolute Gasteiger partial charge is 0.261 e. The molecule has 0 radical (unpaired) electrons. The molecule has 5 rings (SSSR count). The predicted octanol–water partition coefficient (Wildman–Crippen LogP) is 4.63. The number of anilines is 1. The maximum absolute atomic E-state index is 15.0. The first kappa shape index (κ1) is 25.1. The van der Waals surface area contributed by atoms with E-state index >= 15 is 0 Å². The second kappa shape index (κ2) is 10.4. The molecule has 0 fully saturated rings. The molecule has 38 heavy (non-hydrogen) atoms. The summed E-state index contributed by atoms with van der Waals surface area (Å²) >= 11 is 0. The quantitative estimate of drug-likeness (QED) is 0.398. The van der Waals surface area contributed by atoms with E-state index in [1.165, 1.54) is 37.8 Å². The van der Waals surface area contributed by atoms with Gasteiger partial charge in [0.2, 0.25) is 5.43 Å². The molecule has 0 unspecified atom stereocenters. The largest absolute Gasteiger partial charge is 0.495 e. The van der Waals surface area contributed by atoms with Gasteiger partial charge in [0, 0.05) is 54.6 Å². The van der Waals surface area contributed by atoms with Gasteiger partial charge in [0.15, 0.2) is 17.3 Å². The molecule has 1 amide bonds. The molecular weight excluding hydrogens is 491 g/mol. The van der Waals surface area contributed by atoms with Crippen molar-refractivity contribution >= 4 is 28.2 Å². The number of carbonyl (C=O) groups excluding carboxylic acids is 1. The molecule has 10 heteroatoms. The summed E-state index contributed by atoms with van der Waals surface area (Å²) in [5.74, 6) is -0.551. The number of ether oxygens (including phenoxy) is 3. The van der Waals surface area contributed by atoms with E-state index in [-0.39, 0.29) is 22.4 Å². The number of benzene rings is 1. The second-order valence-corrected chi connectivity index (χ2v) is 8.75. The zero-order valence-corrected chi connectivity index (χ0v) is 21.1. The Balaban J connectivity index is 1.39. The van der Waals surface area contributed by atoms with E-state index in [1.807, 2.05) is 13.0 Å². The Hall–Kier alpha value is -4.57. The van der Waals surface area contributed by atoms with Crippen molar-refractivity contribution in [3.8, 4) is 17.2 Å². The first-order valence-corrected chi connectivity index (χ1v) is 11.9. The molecule has 0 aliphatic carbocycles. The predicted molar refractivity (Wildman–Crippen MR) is 140 cm³/mol. The van der Waals surface area contributed by atoms with Gasteiger partial charge in [-0.2, -0.15) is 0 Å². The highest BCUT2D eigenvalue weighted by atomic mass is 19.1. The van der Waals surface area contributed by atoms with Gasteiger partial charge in [-0.3, -0.25) is 14.6 Å². The molecule has 1 aliphatic rings. The zero-order chi connectivity index (χ0) is 26.8. The average Bonchev–Trinajstić information content (AvgIpc) is 2.92. The molecule has 0 bridgehead atoms. The van der Waals surface area contributed by atoms with Gasteiger partial charge in [0.25, 0.3) is 5.91 Å². The Labute approximate surface area is 217 Å². The summed E-state index contributed by atoms with van der Waals surface area (Å²) < 4.78 is 33.0. The summed E-state index contributed by atoms with van der Waals surface area (Å²) in [6.07, 6.45) is 6.98. The number of hydrogen-bond acceptors (Lipinski definition) is 7. The van der Waals surface area contributed by atoms with Crippen molar-refractivity contribution in [3.05, 3.63) is 87.9 Å². The van der Waals surface area contributed by atoms with Crippen molar-refractivity contribution < 1.29 is 23.4 Å². The highest BCUT2D eigenvalue weighted by molar-refractivity contribution is 6.04. The van der Waals surface area contributed by atoms with Crippen molar-refractivity contribution in [2.75, 3.05) is 25.6 Å². The van der Waals surface area contributed by atoms with Gasteiger partial charge in [0.1, 0.15) is 16.8 Å². The molecule has 4 aromatic rings. The van der Waals surface area contributed by atoms with Gasteiger partial charge in [0.05, 0.1) is 32.0 Å². The molecule has 0 saturated carbocycles. The van der Waals surface area contributed by atoms with Crippen molar-refractivity contribution in [1.29, 1.82) is 0 Å². The Kier molecular flexibility index (Phi) is 6.89. The van der Waals surface area contributed by atoms with Crippen LogP contribution < -0.4 is 20.2 Å². The Morgan fingerprint density at radius 3 is 2.76 bits per heavy atom. The molecule has 1 aliphatic heterocycles. The number of fused-ring (bicyclic) bond motifs is 1. The van der Waals surface area contributed by atoms with Gasteiger partial charge in [-0.1, -0.05) is 6.08 Å². The molecular formula is C28H25FN4O5. The fourth-order valence-electron chi connectivity index (χ4n) is 4.28. The first-order valence-electron chi connectivity index (χ1n) is 11.9. The number of rotatable bonds is 6. The fraction of sp³-hybridized carbons (Fsp3) is 0.214. The van der Waals surface area contributed by atoms with E-state index in [0.29, 0.717) is 47.7 Å². The molecule has 194 valence electrons. The summed E-state index contributed by atoms with van der Waals surface area (Å²) in [7, 11) is 3.30. The van der Waals surface area contributed by atoms with Crippen molar-refractivity contribution in [2.45, 2.75) is 13.3 Å². The monoisotopic (exact) mass is 516 g/mol. The topological polar surface area (TPSA) is 105 Å². The van der Waals surface area contributed by atoms with Crippen LogP contribution in [0.1, 0.15) is 28.0 Å². The Bertz CT molecular complexity index is 1650. The van der Waals surface area contributed by atoms with Crippen LogP contribution in [0.15, 0.2) is 59.8 Å². The Morgan fingerprint density at radius 1 is 1.18 bits per heavy atom. The first-order chi connectivity index (χ1) is 18.4. The van der Waals surface area contributed by atoms with Gasteiger partial charge < -0.3 is 24.1 Å². The summed E-state index contributed by atoms with van der Waals surface area (Å²) in [4.78, 5) is 34.9. The SMILES string of the molecule is COc1cnc2c(Oc3ccc(NC(=O)c4cn(C)c(C)c(C5=CCOCC5)c4=O)cc3F)ccnc2c1. The lowest BCUT2D eigenvalue weighted by molar-refractivity contribution is 0.102. The van der Waals surface area contributed by atoms with Crippen molar-refractivity contribution in [2.24, 2.45) is 7.05 Å². The number of aryl methyl sites for hydroxylation is 1. The lowest BCUT2D eigenvalue weighted by Crippen LogP contribution is -2.27. The van der Waals surface area contributed by atoms with E-state index in [9.17, 15) is 14.0 Å². The summed E-state index contributed by atoms with van der Waals surface area (Å²) in [6, 6.07) is 7.30. The number of halogens is 1. The van der Waals surface area contributed by atoms with Gasteiger partial charge in [-0.15, -0.1) is 0 Å². The minimum Gasteiger partial charge on any atom is -0.495 e. The normalized spacial score (nSPS) is 13.2. The van der Waals surface area contributed by atoms with Gasteiger partial charge in [-0.05, 0) is 31.1 Å². The summed E-state index contributed by atoms with van der Waals surface area (Å²) in [6.45, 7) is 2.76. The van der Waals surface area contributed by atoms with Gasteiger partial charge >= 0.3 is 0 Å². The molecule has 4 heterocycles. The minimum absolute atomic E-state index is 0.0361. The molecule has 0 atom stereocenters. The zero-order valence-electron chi connectivity index (χ0n) is 21.1. The average molecular weight is 517 g/mol. The van der Waals surface area contributed by atoms with E-state index < -0.39 is 11.7 Å². The molecule has 1 N–H and O–H groups in total. The number of nitrogens with one attached hydrogen (secondary N) is 1. The van der Waals surface area contributed by atoms with Crippen molar-refractivity contribution in [3.63, 3.8) is 0 Å². The molecule has 0 spiro atoms. The standard InChI is InChI=1S/C28H25FN4O5/c1-16-25(17-7-10-37-11-8-17)27(34)20(15-33(16)2)28(35)32-18-4-5-23(21(29)12-18)38-24-6-9-30-22-13-19(36-3)14-31-26(22)24/h4-7,9,12-15H,8,10-11H2,1-3H3,(H,32,35). The van der Waals surface area contributed by atoms with Crippen LogP contribution in [0.2, 0.25) is 0 Å². The number of pyridine rings is 3. The van der Waals surface area contributed by atoms with Gasteiger partial charge in [-0.25, -0.2) is 9.37 Å². The third kappa shape index (κ3) is 4.85. The van der Waals surface area contributed by atoms with Crippen LogP contribution in [0.5, 0.6) is 17.2 Å². The highest BCUT2D eigenvalue weighted by Gasteiger charge is 2.21. The van der Waals surface area contributed by atoms with Crippen LogP contribution in [0, 0.1) is 12.7 Å². The van der Waals surface area contributed by atoms with Crippen LogP contribution in [0.25, 0.3) is 16.6 Å². The van der Waals surface area contributed by atoms with Crippen LogP contribution in [-0.4, -0.2) is 40.8 Å². The van der Waals surface area contributed by atoms with Crippen LogP contribution >= 0.6 is 0 Å². The number of aromatic nitrogens is 3. The molecule has 3 aromatic heterocycles. The molecule has 9 nitrogen and oxygen atoms in total. The number of carbonyl (C=O) groups is 1. The summed E-state index contributed by atoms with van der Waals surface area (Å²) in [5.41, 5.74) is 2.84. The van der Waals surface area contributed by atoms with E-state index in [0.717, 1.165) is 17.3 Å². The fourth-order valence-corrected chi connectivity index (χ4v) is 4.28. The number of amides is 1. The van der Waals surface area contributed by atoms with E-state index in [4.69, 9.17) is 14.2 Å². The maximum Gasteiger partial charge on any atom is 0.261 e. The molecule has 1 aromatic carbocycles. The minimum atomic E-state index is -0.703. The summed E-state index contributed by atoms with van der Waals surface area (Å²) in [5, 5.41) is 2.62. The number of hydrogen-bond donors (Lipinski definition) is 1. The number of methoxy groups -OCH3 is 1. The van der Waals surface area contributed by atoms with Crippen molar-refractivity contribution in [1.82, 2.24) is 14.5 Å². The third-order valence-corrected chi connectivity index (χ3v) is 6.38. The van der Waals surface area contributed by atoms with Crippen LogP contribution in [0.3, 0.4) is 0 Å².